The quantitative estimate of drug-likeness (QED) is 0.716. The molecule has 0 radical (unpaired) electrons. The first kappa shape index (κ1) is 20.0. The van der Waals surface area contributed by atoms with Crippen molar-refractivity contribution >= 4 is 27.5 Å². The Bertz CT molecular complexity index is 740. The highest BCUT2D eigenvalue weighted by Crippen LogP contribution is 2.22. The number of rotatable bonds is 6. The van der Waals surface area contributed by atoms with Gasteiger partial charge in [0.15, 0.2) is 0 Å². The van der Waals surface area contributed by atoms with Crippen molar-refractivity contribution in [2.45, 2.75) is 13.8 Å². The minimum atomic E-state index is -3.62. The van der Waals surface area contributed by atoms with Crippen molar-refractivity contribution in [3.8, 4) is 5.75 Å². The first-order valence-electron chi connectivity index (χ1n) is 8.46. The molecule has 0 spiro atoms. The molecule has 1 aliphatic heterocycles. The van der Waals surface area contributed by atoms with E-state index in [0.29, 0.717) is 44.2 Å². The molecule has 26 heavy (non-hydrogen) atoms. The lowest BCUT2D eigenvalue weighted by atomic mass is 10.3. The standard InChI is InChI=1S/C17H25N3O5S/c1-4-25-16-7-5-15(6-8-16)20(26(3,23)24)13-17(22)19-11-9-18(10-12-19)14(2)21/h5-8H,4,9-13H2,1-3H3. The van der Waals surface area contributed by atoms with Crippen LogP contribution in [0.2, 0.25) is 0 Å². The van der Waals surface area contributed by atoms with E-state index in [4.69, 9.17) is 4.74 Å². The van der Waals surface area contributed by atoms with E-state index in [9.17, 15) is 18.0 Å². The van der Waals surface area contributed by atoms with Crippen LogP contribution >= 0.6 is 0 Å². The number of benzene rings is 1. The lowest BCUT2D eigenvalue weighted by Gasteiger charge is -2.35. The van der Waals surface area contributed by atoms with Crippen LogP contribution in [0.5, 0.6) is 5.75 Å². The van der Waals surface area contributed by atoms with Gasteiger partial charge in [-0.15, -0.1) is 0 Å². The maximum atomic E-state index is 12.6. The molecule has 0 N–H and O–H groups in total. The molecule has 2 amide bonds. The summed E-state index contributed by atoms with van der Waals surface area (Å²) in [4.78, 5) is 27.2. The van der Waals surface area contributed by atoms with Crippen LogP contribution in [-0.2, 0) is 19.6 Å². The largest absolute Gasteiger partial charge is 0.494 e. The Hall–Kier alpha value is -2.29. The predicted octanol–water partition coefficient (Wildman–Crippen LogP) is 0.542. The number of carbonyl (C=O) groups excluding carboxylic acids is 2. The molecule has 0 unspecified atom stereocenters. The zero-order chi connectivity index (χ0) is 19.3. The van der Waals surface area contributed by atoms with Crippen molar-refractivity contribution in [3.05, 3.63) is 24.3 Å². The molecule has 8 nitrogen and oxygen atoms in total. The topological polar surface area (TPSA) is 87.2 Å². The number of sulfonamides is 1. The summed E-state index contributed by atoms with van der Waals surface area (Å²) in [5, 5.41) is 0. The van der Waals surface area contributed by atoms with E-state index in [1.807, 2.05) is 6.92 Å². The highest BCUT2D eigenvalue weighted by atomic mass is 32.2. The Balaban J connectivity index is 2.09. The summed E-state index contributed by atoms with van der Waals surface area (Å²) in [6, 6.07) is 6.58. The molecule has 1 aromatic rings. The molecule has 9 heteroatoms. The molecule has 0 saturated carbocycles. The van der Waals surface area contributed by atoms with Crippen LogP contribution in [0.25, 0.3) is 0 Å². The third-order valence-corrected chi connectivity index (χ3v) is 5.33. The van der Waals surface area contributed by atoms with Crippen molar-refractivity contribution in [3.63, 3.8) is 0 Å². The molecule has 1 saturated heterocycles. The lowest BCUT2D eigenvalue weighted by Crippen LogP contribution is -2.52. The molecule has 2 rings (SSSR count). The van der Waals surface area contributed by atoms with Crippen LogP contribution in [0, 0.1) is 0 Å². The molecule has 0 atom stereocenters. The average Bonchev–Trinajstić information content (AvgIpc) is 2.59. The maximum absolute atomic E-state index is 12.6. The summed E-state index contributed by atoms with van der Waals surface area (Å²) in [5.41, 5.74) is 0.409. The predicted molar refractivity (Wildman–Crippen MR) is 98.6 cm³/mol. The van der Waals surface area contributed by atoms with Crippen molar-refractivity contribution in [2.24, 2.45) is 0 Å². The smallest absolute Gasteiger partial charge is 0.243 e. The van der Waals surface area contributed by atoms with Crippen molar-refractivity contribution < 1.29 is 22.7 Å². The Morgan fingerprint density at radius 2 is 1.62 bits per heavy atom. The van der Waals surface area contributed by atoms with Crippen LogP contribution < -0.4 is 9.04 Å². The van der Waals surface area contributed by atoms with Gasteiger partial charge in [-0.05, 0) is 31.2 Å². The molecule has 0 bridgehead atoms. The van der Waals surface area contributed by atoms with Gasteiger partial charge in [0.25, 0.3) is 0 Å². The Kier molecular flexibility index (Phi) is 6.47. The van der Waals surface area contributed by atoms with Gasteiger partial charge < -0.3 is 14.5 Å². The van der Waals surface area contributed by atoms with Gasteiger partial charge in [-0.3, -0.25) is 13.9 Å². The molecule has 0 aliphatic carbocycles. The van der Waals surface area contributed by atoms with Crippen molar-refractivity contribution in [1.29, 1.82) is 0 Å². The van der Waals surface area contributed by atoms with E-state index < -0.39 is 10.0 Å². The van der Waals surface area contributed by atoms with Crippen LogP contribution in [0.4, 0.5) is 5.69 Å². The van der Waals surface area contributed by atoms with Crippen LogP contribution in [0.3, 0.4) is 0 Å². The fourth-order valence-electron chi connectivity index (χ4n) is 2.77. The minimum Gasteiger partial charge on any atom is -0.494 e. The second-order valence-electron chi connectivity index (χ2n) is 6.08. The second-order valence-corrected chi connectivity index (χ2v) is 7.99. The van der Waals surface area contributed by atoms with Gasteiger partial charge in [0, 0.05) is 33.1 Å². The molecular formula is C17H25N3O5S. The zero-order valence-electron chi connectivity index (χ0n) is 15.3. The van der Waals surface area contributed by atoms with Gasteiger partial charge in [0.2, 0.25) is 21.8 Å². The lowest BCUT2D eigenvalue weighted by molar-refractivity contribution is -0.137. The first-order chi connectivity index (χ1) is 12.2. The number of hydrogen-bond acceptors (Lipinski definition) is 5. The van der Waals surface area contributed by atoms with Crippen molar-refractivity contribution in [2.75, 3.05) is 49.9 Å². The summed E-state index contributed by atoms with van der Waals surface area (Å²) < 4.78 is 30.8. The number of anilines is 1. The number of nitrogens with zero attached hydrogens (tertiary/aromatic N) is 3. The van der Waals surface area contributed by atoms with Gasteiger partial charge in [-0.25, -0.2) is 8.42 Å². The van der Waals surface area contributed by atoms with Crippen LogP contribution in [0.1, 0.15) is 13.8 Å². The SMILES string of the molecule is CCOc1ccc(N(CC(=O)N2CCN(C(C)=O)CC2)S(C)(=O)=O)cc1. The van der Waals surface area contributed by atoms with E-state index in [1.165, 1.54) is 6.92 Å². The normalized spacial score (nSPS) is 14.9. The van der Waals surface area contributed by atoms with E-state index in [1.54, 1.807) is 34.1 Å². The van der Waals surface area contributed by atoms with E-state index in [2.05, 4.69) is 0 Å². The van der Waals surface area contributed by atoms with E-state index in [-0.39, 0.29) is 18.4 Å². The number of hydrogen-bond donors (Lipinski definition) is 0. The average molecular weight is 383 g/mol. The molecular weight excluding hydrogens is 358 g/mol. The summed E-state index contributed by atoms with van der Waals surface area (Å²) >= 11 is 0. The summed E-state index contributed by atoms with van der Waals surface area (Å²) in [5.74, 6) is 0.327. The van der Waals surface area contributed by atoms with Gasteiger partial charge in [-0.1, -0.05) is 0 Å². The molecule has 144 valence electrons. The Labute approximate surface area is 154 Å². The van der Waals surface area contributed by atoms with Gasteiger partial charge in [-0.2, -0.15) is 0 Å². The van der Waals surface area contributed by atoms with E-state index >= 15 is 0 Å². The Morgan fingerprint density at radius 1 is 1.08 bits per heavy atom. The van der Waals surface area contributed by atoms with E-state index in [0.717, 1.165) is 10.6 Å². The highest BCUT2D eigenvalue weighted by Gasteiger charge is 2.27. The number of ether oxygens (including phenoxy) is 1. The van der Waals surface area contributed by atoms with Gasteiger partial charge in [0.05, 0.1) is 18.6 Å². The summed E-state index contributed by atoms with van der Waals surface area (Å²) in [6.45, 7) is 5.33. The summed E-state index contributed by atoms with van der Waals surface area (Å²) in [6.07, 6.45) is 1.07. The number of carbonyl (C=O) groups is 2. The fourth-order valence-corrected chi connectivity index (χ4v) is 3.62. The number of piperazine rings is 1. The highest BCUT2D eigenvalue weighted by molar-refractivity contribution is 7.92. The second kappa shape index (κ2) is 8.39. The molecule has 1 aliphatic rings. The molecule has 1 heterocycles. The first-order valence-corrected chi connectivity index (χ1v) is 10.3. The third kappa shape index (κ3) is 5.10. The monoisotopic (exact) mass is 383 g/mol. The summed E-state index contributed by atoms with van der Waals surface area (Å²) in [7, 11) is -3.62. The van der Waals surface area contributed by atoms with Crippen LogP contribution in [0.15, 0.2) is 24.3 Å². The van der Waals surface area contributed by atoms with Gasteiger partial charge >= 0.3 is 0 Å². The fraction of sp³-hybridized carbons (Fsp3) is 0.529. The van der Waals surface area contributed by atoms with Gasteiger partial charge in [0.1, 0.15) is 12.3 Å². The molecule has 1 fully saturated rings. The zero-order valence-corrected chi connectivity index (χ0v) is 16.2. The minimum absolute atomic E-state index is 0.0238. The Morgan fingerprint density at radius 3 is 2.08 bits per heavy atom. The van der Waals surface area contributed by atoms with Crippen LogP contribution in [-0.4, -0.2) is 75.6 Å². The third-order valence-electron chi connectivity index (χ3n) is 4.19. The van der Waals surface area contributed by atoms with Crippen molar-refractivity contribution in [1.82, 2.24) is 9.80 Å². The molecule has 1 aromatic carbocycles. The molecule has 0 aromatic heterocycles. The maximum Gasteiger partial charge on any atom is 0.243 e. The number of amides is 2.